The number of hydrogen-bond acceptors (Lipinski definition) is 2. The lowest BCUT2D eigenvalue weighted by Crippen LogP contribution is -2.04. The van der Waals surface area contributed by atoms with Crippen LogP contribution in [0.15, 0.2) is 249 Å². The van der Waals surface area contributed by atoms with Crippen LogP contribution in [0.3, 0.4) is 0 Å². The Bertz CT molecular complexity index is 4130. The van der Waals surface area contributed by atoms with Crippen LogP contribution in [0.4, 0.5) is 0 Å². The van der Waals surface area contributed by atoms with Gasteiger partial charge in [-0.3, -0.25) is 0 Å². The molecule has 1 aliphatic carbocycles. The summed E-state index contributed by atoms with van der Waals surface area (Å²) in [4.78, 5) is 10.5. The van der Waals surface area contributed by atoms with Crippen molar-refractivity contribution in [1.29, 1.82) is 0 Å². The van der Waals surface area contributed by atoms with E-state index in [1.807, 2.05) is 12.1 Å². The van der Waals surface area contributed by atoms with Crippen molar-refractivity contribution in [2.45, 2.75) is 25.2 Å². The number of nitrogens with zero attached hydrogens (tertiary/aromatic N) is 4. The minimum Gasteiger partial charge on any atom is -0.309 e. The summed E-state index contributed by atoms with van der Waals surface area (Å²) in [5.41, 5.74) is 21.2. The third kappa shape index (κ3) is 7.22. The van der Waals surface area contributed by atoms with Crippen LogP contribution in [0, 0.1) is 0 Å². The molecule has 14 rings (SSSR count). The van der Waals surface area contributed by atoms with Gasteiger partial charge in [-0.25, -0.2) is 9.97 Å². The van der Waals surface area contributed by atoms with Gasteiger partial charge >= 0.3 is 0 Å². The highest BCUT2D eigenvalue weighted by Gasteiger charge is 2.24. The monoisotopic (exact) mass is 920 g/mol. The summed E-state index contributed by atoms with van der Waals surface area (Å²) < 4.78 is 4.83. The van der Waals surface area contributed by atoms with E-state index in [4.69, 9.17) is 9.97 Å². The van der Waals surface area contributed by atoms with Gasteiger partial charge in [0.2, 0.25) is 0 Å². The summed E-state index contributed by atoms with van der Waals surface area (Å²) in [7, 11) is 0. The van der Waals surface area contributed by atoms with Crippen LogP contribution < -0.4 is 0 Å². The van der Waals surface area contributed by atoms with Gasteiger partial charge in [0.1, 0.15) is 0 Å². The Labute approximate surface area is 418 Å². The molecule has 0 spiro atoms. The summed E-state index contributed by atoms with van der Waals surface area (Å²) >= 11 is 0. The van der Waals surface area contributed by atoms with E-state index in [1.165, 1.54) is 77.0 Å². The van der Waals surface area contributed by atoms with Gasteiger partial charge in [0, 0.05) is 49.6 Å². The molecular formula is C68H48N4. The summed E-state index contributed by atoms with van der Waals surface area (Å²) in [5, 5.41) is 4.96. The average molecular weight is 921 g/mol. The van der Waals surface area contributed by atoms with Gasteiger partial charge < -0.3 is 9.13 Å². The van der Waals surface area contributed by atoms with E-state index in [-0.39, 0.29) is 0 Å². The molecular weight excluding hydrogens is 873 g/mol. The fourth-order valence-corrected chi connectivity index (χ4v) is 11.6. The molecule has 3 heterocycles. The molecule has 0 saturated carbocycles. The van der Waals surface area contributed by atoms with Crippen LogP contribution in [0.1, 0.15) is 29.0 Å². The number of fused-ring (bicyclic) bond motifs is 9. The summed E-state index contributed by atoms with van der Waals surface area (Å²) in [5.74, 6) is 1.08. The zero-order valence-electron chi connectivity index (χ0n) is 39.7. The van der Waals surface area contributed by atoms with E-state index in [0.29, 0.717) is 11.7 Å². The molecule has 10 aromatic carbocycles. The van der Waals surface area contributed by atoms with Crippen molar-refractivity contribution in [1.82, 2.24) is 19.1 Å². The van der Waals surface area contributed by atoms with E-state index >= 15 is 0 Å². The molecule has 4 nitrogen and oxygen atoms in total. The lowest BCUT2D eigenvalue weighted by atomic mass is 9.86. The molecule has 0 radical (unpaired) electrons. The smallest absolute Gasteiger partial charge is 0.160 e. The minimum atomic E-state index is 0.392. The van der Waals surface area contributed by atoms with Crippen molar-refractivity contribution in [2.75, 3.05) is 0 Å². The largest absolute Gasteiger partial charge is 0.309 e. The van der Waals surface area contributed by atoms with Gasteiger partial charge in [0.25, 0.3) is 0 Å². The average Bonchev–Trinajstić information content (AvgIpc) is 3.91. The molecule has 1 atom stereocenters. The highest BCUT2D eigenvalue weighted by molar-refractivity contribution is 6.13. The van der Waals surface area contributed by atoms with E-state index in [9.17, 15) is 0 Å². The van der Waals surface area contributed by atoms with Crippen molar-refractivity contribution < 1.29 is 0 Å². The Morgan fingerprint density at radius 3 is 1.61 bits per heavy atom. The number of aromatic nitrogens is 4. The SMILES string of the molecule is c1ccc(-c2cc(-c3ccccc3)nc(-c3cccc(-n4c5ccc(CC6CCc7ccccc7-c7ccccc76)cc5c5cc(-c6ccc7c(c6)c6ccccc6n7-c6ccccc6)ccc54)c3)n2)cc1. The van der Waals surface area contributed by atoms with E-state index in [1.54, 1.807) is 0 Å². The minimum absolute atomic E-state index is 0.392. The quantitative estimate of drug-likeness (QED) is 0.152. The van der Waals surface area contributed by atoms with Crippen LogP contribution in [0.5, 0.6) is 0 Å². The first-order chi connectivity index (χ1) is 35.7. The number of para-hydroxylation sites is 2. The fraction of sp³-hybridized carbons (Fsp3) is 0.0588. The van der Waals surface area contributed by atoms with Crippen molar-refractivity contribution in [2.24, 2.45) is 0 Å². The van der Waals surface area contributed by atoms with Crippen LogP contribution >= 0.6 is 0 Å². The van der Waals surface area contributed by atoms with Crippen molar-refractivity contribution in [3.63, 3.8) is 0 Å². The molecule has 3 aromatic heterocycles. The molecule has 0 aliphatic heterocycles. The standard InChI is InChI=1S/C68H48N4/c1-4-18-47(19-5-1)62-44-63(48-20-6-2-7-21-48)70-68(69-62)52-22-16-25-54(41-52)72-65-36-31-45(39-51-33-32-46-17-10-11-26-55(46)57-28-13-12-27-56(51)57)40-59(65)61-43-50(35-38-67(61)72)49-34-37-66-60(42-49)58-29-14-15-30-64(58)71(66)53-23-8-3-9-24-53/h1-31,34-38,40-44,51H,32-33,39H2. The zero-order chi connectivity index (χ0) is 47.5. The Kier molecular flexibility index (Phi) is 10.1. The lowest BCUT2D eigenvalue weighted by molar-refractivity contribution is 0.629. The lowest BCUT2D eigenvalue weighted by Gasteiger charge is -2.18. The Morgan fingerprint density at radius 1 is 0.361 bits per heavy atom. The van der Waals surface area contributed by atoms with Gasteiger partial charge in [-0.05, 0) is 137 Å². The van der Waals surface area contributed by atoms with Crippen LogP contribution in [0.25, 0.3) is 111 Å². The molecule has 1 unspecified atom stereocenters. The second-order valence-electron chi connectivity index (χ2n) is 19.3. The van der Waals surface area contributed by atoms with E-state index in [0.717, 1.165) is 64.2 Å². The normalized spacial score (nSPS) is 13.4. The number of rotatable bonds is 8. The van der Waals surface area contributed by atoms with Gasteiger partial charge in [0.05, 0.1) is 33.5 Å². The third-order valence-electron chi connectivity index (χ3n) is 15.0. The van der Waals surface area contributed by atoms with Gasteiger partial charge in [0.15, 0.2) is 5.82 Å². The second kappa shape index (κ2) is 17.4. The maximum atomic E-state index is 5.23. The predicted octanol–water partition coefficient (Wildman–Crippen LogP) is 17.3. The van der Waals surface area contributed by atoms with E-state index < -0.39 is 0 Å². The first-order valence-electron chi connectivity index (χ1n) is 25.1. The summed E-state index contributed by atoms with van der Waals surface area (Å²) in [6.07, 6.45) is 3.13. The summed E-state index contributed by atoms with van der Waals surface area (Å²) in [6, 6.07) is 90.5. The predicted molar refractivity (Wildman–Crippen MR) is 299 cm³/mol. The maximum Gasteiger partial charge on any atom is 0.160 e. The van der Waals surface area contributed by atoms with E-state index in [2.05, 4.69) is 246 Å². The molecule has 0 amide bonds. The highest BCUT2D eigenvalue weighted by atomic mass is 15.0. The third-order valence-corrected chi connectivity index (χ3v) is 15.0. The molecule has 0 N–H and O–H groups in total. The molecule has 0 fully saturated rings. The molecule has 1 aliphatic rings. The van der Waals surface area contributed by atoms with Gasteiger partial charge in [-0.1, -0.05) is 176 Å². The zero-order valence-corrected chi connectivity index (χ0v) is 39.7. The fourth-order valence-electron chi connectivity index (χ4n) is 11.6. The number of benzene rings is 10. The molecule has 0 bridgehead atoms. The van der Waals surface area contributed by atoms with Crippen molar-refractivity contribution >= 4 is 43.6 Å². The molecule has 13 aromatic rings. The molecule has 72 heavy (non-hydrogen) atoms. The number of aryl methyl sites for hydroxylation is 1. The highest BCUT2D eigenvalue weighted by Crippen LogP contribution is 2.43. The maximum absolute atomic E-state index is 5.23. The van der Waals surface area contributed by atoms with Gasteiger partial charge in [-0.15, -0.1) is 0 Å². The molecule has 0 saturated heterocycles. The van der Waals surface area contributed by atoms with Crippen molar-refractivity contribution in [3.8, 4) is 67.5 Å². The first kappa shape index (κ1) is 41.8. The molecule has 4 heteroatoms. The molecule has 340 valence electrons. The van der Waals surface area contributed by atoms with Crippen LogP contribution in [-0.4, -0.2) is 19.1 Å². The topological polar surface area (TPSA) is 35.6 Å². The number of hydrogen-bond donors (Lipinski definition) is 0. The summed E-state index contributed by atoms with van der Waals surface area (Å²) in [6.45, 7) is 0. The van der Waals surface area contributed by atoms with Gasteiger partial charge in [-0.2, -0.15) is 0 Å². The Balaban J connectivity index is 0.929. The Morgan fingerprint density at radius 2 is 0.889 bits per heavy atom. The second-order valence-corrected chi connectivity index (χ2v) is 19.3. The van der Waals surface area contributed by atoms with Crippen LogP contribution in [0.2, 0.25) is 0 Å². The van der Waals surface area contributed by atoms with Crippen LogP contribution in [-0.2, 0) is 12.8 Å². The van der Waals surface area contributed by atoms with Crippen molar-refractivity contribution in [3.05, 3.63) is 265 Å². The Hall–Kier alpha value is -9.12. The first-order valence-corrected chi connectivity index (χ1v) is 25.1.